The maximum absolute atomic E-state index is 11.1. The topological polar surface area (TPSA) is 121 Å². The Morgan fingerprint density at radius 1 is 1.35 bits per heavy atom. The zero-order valence-electron chi connectivity index (χ0n) is 13.7. The van der Waals surface area contributed by atoms with Crippen molar-refractivity contribution in [2.45, 2.75) is 13.5 Å². The molecule has 0 unspecified atom stereocenters. The summed E-state index contributed by atoms with van der Waals surface area (Å²) in [6.45, 7) is 1.78. The van der Waals surface area contributed by atoms with Crippen molar-refractivity contribution < 1.29 is 14.5 Å². The van der Waals surface area contributed by atoms with Crippen LogP contribution < -0.4 is 10.5 Å². The number of aryl methyl sites for hydroxylation is 1. The third-order valence-corrected chi connectivity index (χ3v) is 4.43. The van der Waals surface area contributed by atoms with Crippen LogP contribution in [0.5, 0.6) is 5.88 Å². The molecule has 0 saturated heterocycles. The lowest BCUT2D eigenvalue weighted by molar-refractivity contribution is -0.386. The molecule has 2 aromatic heterocycles. The van der Waals surface area contributed by atoms with Gasteiger partial charge in [0.2, 0.25) is 5.91 Å². The maximum atomic E-state index is 11.1. The summed E-state index contributed by atoms with van der Waals surface area (Å²) in [4.78, 5) is 30.1. The number of aromatic nitrogens is 2. The highest BCUT2D eigenvalue weighted by atomic mass is 32.1. The number of pyridine rings is 1. The molecule has 1 amide bonds. The number of nitrogens with two attached hydrogens (primary N) is 1. The van der Waals surface area contributed by atoms with Crippen molar-refractivity contribution in [2.75, 3.05) is 0 Å². The summed E-state index contributed by atoms with van der Waals surface area (Å²) in [7, 11) is 0. The molecule has 0 atom stereocenters. The summed E-state index contributed by atoms with van der Waals surface area (Å²) in [5.41, 5.74) is 7.61. The molecule has 1 aromatic carbocycles. The number of primary amides is 1. The molecule has 3 rings (SSSR count). The van der Waals surface area contributed by atoms with Gasteiger partial charge in [-0.2, -0.15) is 0 Å². The van der Waals surface area contributed by atoms with Gasteiger partial charge in [0, 0.05) is 28.8 Å². The van der Waals surface area contributed by atoms with Gasteiger partial charge in [0.1, 0.15) is 11.6 Å². The van der Waals surface area contributed by atoms with Crippen molar-refractivity contribution in [1.29, 1.82) is 0 Å². The number of carbonyl (C=O) groups excluding carboxylic acids is 1. The molecule has 0 radical (unpaired) electrons. The highest BCUT2D eigenvalue weighted by molar-refractivity contribution is 7.13. The van der Waals surface area contributed by atoms with Gasteiger partial charge in [-0.05, 0) is 24.6 Å². The Hall–Kier alpha value is -3.33. The fourth-order valence-corrected chi connectivity index (χ4v) is 3.02. The number of nitro groups is 1. The van der Waals surface area contributed by atoms with Crippen molar-refractivity contribution in [3.05, 3.63) is 68.8 Å². The summed E-state index contributed by atoms with van der Waals surface area (Å²) in [6.07, 6.45) is 1.51. The fourth-order valence-electron chi connectivity index (χ4n) is 2.21. The quantitative estimate of drug-likeness (QED) is 0.525. The summed E-state index contributed by atoms with van der Waals surface area (Å²) in [6, 6.07) is 8.20. The molecule has 0 bridgehead atoms. The first-order valence-corrected chi connectivity index (χ1v) is 8.40. The first-order valence-electron chi connectivity index (χ1n) is 7.52. The minimum atomic E-state index is -0.526. The number of carbonyl (C=O) groups is 1. The van der Waals surface area contributed by atoms with Gasteiger partial charge >= 0.3 is 5.69 Å². The van der Waals surface area contributed by atoms with Gasteiger partial charge in [-0.3, -0.25) is 14.9 Å². The number of rotatable bonds is 6. The Labute approximate surface area is 152 Å². The normalized spacial score (nSPS) is 10.5. The number of hydrogen-bond donors (Lipinski definition) is 1. The second kappa shape index (κ2) is 7.28. The smallest absolute Gasteiger partial charge is 0.331 e. The first-order chi connectivity index (χ1) is 12.4. The minimum absolute atomic E-state index is 0.0408. The van der Waals surface area contributed by atoms with Gasteiger partial charge in [0.05, 0.1) is 10.6 Å². The number of benzene rings is 1. The monoisotopic (exact) mass is 370 g/mol. The van der Waals surface area contributed by atoms with Gasteiger partial charge in [-0.25, -0.2) is 9.97 Å². The van der Waals surface area contributed by atoms with E-state index in [0.717, 1.165) is 10.6 Å². The molecule has 9 heteroatoms. The van der Waals surface area contributed by atoms with Crippen LogP contribution in [0.1, 0.15) is 21.6 Å². The predicted octanol–water partition coefficient (Wildman–Crippen LogP) is 3.10. The Morgan fingerprint density at radius 3 is 2.73 bits per heavy atom. The van der Waals surface area contributed by atoms with Gasteiger partial charge in [-0.1, -0.05) is 12.1 Å². The molecule has 26 heavy (non-hydrogen) atoms. The molecule has 0 saturated carbocycles. The van der Waals surface area contributed by atoms with Crippen molar-refractivity contribution in [3.63, 3.8) is 0 Å². The molecule has 8 nitrogen and oxygen atoms in total. The summed E-state index contributed by atoms with van der Waals surface area (Å²) < 4.78 is 5.47. The lowest BCUT2D eigenvalue weighted by Gasteiger charge is -2.04. The van der Waals surface area contributed by atoms with E-state index in [2.05, 4.69) is 9.97 Å². The lowest BCUT2D eigenvalue weighted by atomic mass is 10.1. The Bertz CT molecular complexity index is 969. The predicted molar refractivity (Wildman–Crippen MR) is 96.0 cm³/mol. The largest absolute Gasteiger partial charge is 0.466 e. The molecule has 0 aliphatic carbocycles. The standard InChI is InChI=1S/C17H14N4O4S/c1-10-6-14(21(23)24)16(19-7-10)25-8-13-9-26-17(20-13)12-4-2-11(3-5-12)15(18)22/h2-7,9H,8H2,1H3,(H2,18,22). The Kier molecular flexibility index (Phi) is 4.90. The van der Waals surface area contributed by atoms with Crippen LogP contribution in [0.15, 0.2) is 41.9 Å². The van der Waals surface area contributed by atoms with Crippen molar-refractivity contribution in [1.82, 2.24) is 9.97 Å². The van der Waals surface area contributed by atoms with E-state index < -0.39 is 10.8 Å². The molecule has 0 aliphatic rings. The number of hydrogen-bond acceptors (Lipinski definition) is 7. The van der Waals surface area contributed by atoms with Crippen LogP contribution in [0.2, 0.25) is 0 Å². The lowest BCUT2D eigenvalue weighted by Crippen LogP contribution is -2.10. The molecule has 132 valence electrons. The fraction of sp³-hybridized carbons (Fsp3) is 0.118. The molecular formula is C17H14N4O4S. The van der Waals surface area contributed by atoms with Crippen LogP contribution in [0.4, 0.5) is 5.69 Å². The van der Waals surface area contributed by atoms with Gasteiger partial charge in [0.25, 0.3) is 5.88 Å². The van der Waals surface area contributed by atoms with Gasteiger partial charge in [-0.15, -0.1) is 11.3 Å². The van der Waals surface area contributed by atoms with Crippen LogP contribution >= 0.6 is 11.3 Å². The zero-order chi connectivity index (χ0) is 18.7. The van der Waals surface area contributed by atoms with E-state index in [-0.39, 0.29) is 18.2 Å². The van der Waals surface area contributed by atoms with E-state index >= 15 is 0 Å². The zero-order valence-corrected chi connectivity index (χ0v) is 14.5. The van der Waals surface area contributed by atoms with E-state index in [1.807, 2.05) is 0 Å². The second-order valence-electron chi connectivity index (χ2n) is 5.47. The van der Waals surface area contributed by atoms with E-state index in [0.29, 0.717) is 16.8 Å². The number of thiazole rings is 1. The van der Waals surface area contributed by atoms with Crippen LogP contribution in [-0.4, -0.2) is 20.8 Å². The van der Waals surface area contributed by atoms with E-state index in [4.69, 9.17) is 10.5 Å². The molecule has 2 N–H and O–H groups in total. The average molecular weight is 370 g/mol. The van der Waals surface area contributed by atoms with Crippen LogP contribution in [0.3, 0.4) is 0 Å². The maximum Gasteiger partial charge on any atom is 0.331 e. The van der Waals surface area contributed by atoms with Crippen molar-refractivity contribution in [2.24, 2.45) is 5.73 Å². The summed E-state index contributed by atoms with van der Waals surface area (Å²) in [5, 5.41) is 13.6. The Morgan fingerprint density at radius 2 is 2.08 bits per heavy atom. The second-order valence-corrected chi connectivity index (χ2v) is 6.33. The minimum Gasteiger partial charge on any atom is -0.466 e. The van der Waals surface area contributed by atoms with E-state index in [1.54, 1.807) is 36.6 Å². The average Bonchev–Trinajstić information content (AvgIpc) is 3.09. The number of nitrogens with zero attached hydrogens (tertiary/aromatic N) is 3. The van der Waals surface area contributed by atoms with Crippen molar-refractivity contribution >= 4 is 22.9 Å². The first kappa shape index (κ1) is 17.5. The third-order valence-electron chi connectivity index (χ3n) is 3.49. The summed E-state index contributed by atoms with van der Waals surface area (Å²) in [5.74, 6) is -0.530. The van der Waals surface area contributed by atoms with Crippen molar-refractivity contribution in [3.8, 4) is 16.5 Å². The summed E-state index contributed by atoms with van der Waals surface area (Å²) >= 11 is 1.40. The van der Waals surface area contributed by atoms with E-state index in [1.165, 1.54) is 23.6 Å². The Balaban J connectivity index is 1.73. The molecular weight excluding hydrogens is 356 g/mol. The highest BCUT2D eigenvalue weighted by Crippen LogP contribution is 2.27. The molecule has 0 fully saturated rings. The SMILES string of the molecule is Cc1cnc(OCc2csc(-c3ccc(C(N)=O)cc3)n2)c([N+](=O)[O-])c1. The molecule has 0 spiro atoms. The van der Waals surface area contributed by atoms with Gasteiger partial charge < -0.3 is 10.5 Å². The van der Waals surface area contributed by atoms with E-state index in [9.17, 15) is 14.9 Å². The van der Waals surface area contributed by atoms with Gasteiger partial charge in [0.15, 0.2) is 0 Å². The molecule has 3 aromatic rings. The highest BCUT2D eigenvalue weighted by Gasteiger charge is 2.17. The molecule has 2 heterocycles. The molecule has 0 aliphatic heterocycles. The van der Waals surface area contributed by atoms with Crippen LogP contribution in [0.25, 0.3) is 10.6 Å². The number of ether oxygens (including phenoxy) is 1. The third kappa shape index (κ3) is 3.83. The van der Waals surface area contributed by atoms with Crippen LogP contribution in [0, 0.1) is 17.0 Å². The number of amides is 1. The van der Waals surface area contributed by atoms with Crippen LogP contribution in [-0.2, 0) is 6.61 Å².